The fourth-order valence-electron chi connectivity index (χ4n) is 3.03. The molecule has 0 radical (unpaired) electrons. The molecule has 1 aliphatic heterocycles. The van der Waals surface area contributed by atoms with Crippen molar-refractivity contribution >= 4 is 12.0 Å². The van der Waals surface area contributed by atoms with Crippen LogP contribution in [0.4, 0.5) is 4.79 Å². The Kier molecular flexibility index (Phi) is 4.29. The highest BCUT2D eigenvalue weighted by atomic mass is 16.4. The molecule has 2 fully saturated rings. The fraction of sp³-hybridized carbons (Fsp3) is 0.846. The minimum absolute atomic E-state index is 0.00331. The largest absolute Gasteiger partial charge is 0.480 e. The Morgan fingerprint density at radius 2 is 1.79 bits per heavy atom. The van der Waals surface area contributed by atoms with Gasteiger partial charge in [0.25, 0.3) is 0 Å². The molecule has 0 aromatic carbocycles. The third kappa shape index (κ3) is 3.18. The van der Waals surface area contributed by atoms with E-state index >= 15 is 0 Å². The van der Waals surface area contributed by atoms with Gasteiger partial charge in [0, 0.05) is 12.6 Å². The number of aliphatic carboxylic acids is 1. The molecule has 1 saturated heterocycles. The van der Waals surface area contributed by atoms with Crippen molar-refractivity contribution in [3.05, 3.63) is 0 Å². The summed E-state index contributed by atoms with van der Waals surface area (Å²) in [5.74, 6) is -0.935. The number of hydrogen-bond acceptors (Lipinski definition) is 3. The average Bonchev–Trinajstić information content (AvgIpc) is 2.74. The quantitative estimate of drug-likeness (QED) is 0.692. The molecule has 1 saturated carbocycles. The summed E-state index contributed by atoms with van der Waals surface area (Å²) in [5, 5.41) is 21.5. The van der Waals surface area contributed by atoms with E-state index in [0.29, 0.717) is 19.4 Å². The molecule has 0 bridgehead atoms. The number of aliphatic hydroxyl groups excluding tert-OH is 1. The van der Waals surface area contributed by atoms with Crippen molar-refractivity contribution in [1.29, 1.82) is 0 Å². The van der Waals surface area contributed by atoms with E-state index in [0.717, 1.165) is 19.3 Å². The molecule has 2 unspecified atom stereocenters. The third-order valence-corrected chi connectivity index (χ3v) is 4.24. The molecular formula is C13H22N2O4. The van der Waals surface area contributed by atoms with Crippen LogP contribution in [0.25, 0.3) is 0 Å². The minimum atomic E-state index is -0.931. The predicted octanol–water partition coefficient (Wildman–Crippen LogP) is 0.794. The molecule has 0 aromatic heterocycles. The lowest BCUT2D eigenvalue weighted by Crippen LogP contribution is -2.51. The normalized spacial score (nSPS) is 35.2. The number of urea groups is 1. The second kappa shape index (κ2) is 5.77. The maximum atomic E-state index is 12.1. The van der Waals surface area contributed by atoms with Crippen LogP contribution in [0.2, 0.25) is 0 Å². The molecule has 2 aliphatic rings. The van der Waals surface area contributed by atoms with Crippen molar-refractivity contribution in [3.63, 3.8) is 0 Å². The van der Waals surface area contributed by atoms with Crippen molar-refractivity contribution in [2.45, 2.75) is 57.2 Å². The molecule has 19 heavy (non-hydrogen) atoms. The monoisotopic (exact) mass is 270 g/mol. The number of carbonyl (C=O) groups is 2. The fourth-order valence-corrected chi connectivity index (χ4v) is 3.03. The highest BCUT2D eigenvalue weighted by Gasteiger charge is 2.40. The Hall–Kier alpha value is -1.30. The molecular weight excluding hydrogens is 248 g/mol. The Morgan fingerprint density at radius 3 is 2.37 bits per heavy atom. The highest BCUT2D eigenvalue weighted by Crippen LogP contribution is 2.25. The topological polar surface area (TPSA) is 89.9 Å². The lowest BCUT2D eigenvalue weighted by atomic mass is 9.93. The Bertz CT molecular complexity index is 353. The van der Waals surface area contributed by atoms with Gasteiger partial charge in [0.05, 0.1) is 6.10 Å². The number of carboxylic acids is 1. The van der Waals surface area contributed by atoms with Crippen molar-refractivity contribution in [2.24, 2.45) is 5.92 Å². The van der Waals surface area contributed by atoms with E-state index in [2.05, 4.69) is 5.32 Å². The molecule has 1 aliphatic carbocycles. The molecule has 2 amide bonds. The third-order valence-electron chi connectivity index (χ3n) is 4.24. The summed E-state index contributed by atoms with van der Waals surface area (Å²) >= 11 is 0. The lowest BCUT2D eigenvalue weighted by molar-refractivity contribution is -0.142. The minimum Gasteiger partial charge on any atom is -0.480 e. The van der Waals surface area contributed by atoms with Gasteiger partial charge >= 0.3 is 12.0 Å². The number of hydrogen-bond donors (Lipinski definition) is 3. The Labute approximate surface area is 112 Å². The molecule has 2 atom stereocenters. The Morgan fingerprint density at radius 1 is 1.16 bits per heavy atom. The maximum Gasteiger partial charge on any atom is 0.326 e. The number of rotatable bonds is 2. The molecule has 0 aromatic rings. The van der Waals surface area contributed by atoms with Gasteiger partial charge in [0.15, 0.2) is 0 Å². The van der Waals surface area contributed by atoms with Crippen LogP contribution in [-0.2, 0) is 4.79 Å². The lowest BCUT2D eigenvalue weighted by Gasteiger charge is -2.30. The van der Waals surface area contributed by atoms with Crippen LogP contribution < -0.4 is 5.32 Å². The van der Waals surface area contributed by atoms with E-state index in [9.17, 15) is 19.8 Å². The zero-order valence-electron chi connectivity index (χ0n) is 11.2. The summed E-state index contributed by atoms with van der Waals surface area (Å²) in [7, 11) is 0. The number of nitrogens with zero attached hydrogens (tertiary/aromatic N) is 1. The average molecular weight is 270 g/mol. The smallest absolute Gasteiger partial charge is 0.326 e. The summed E-state index contributed by atoms with van der Waals surface area (Å²) in [6.07, 6.45) is 3.38. The number of likely N-dealkylation sites (tertiary alicyclic amines) is 1. The first-order chi connectivity index (χ1) is 8.99. The first kappa shape index (κ1) is 14.1. The summed E-state index contributed by atoms with van der Waals surface area (Å²) in [6, 6.07) is -0.937. The molecule has 2 rings (SSSR count). The van der Waals surface area contributed by atoms with Gasteiger partial charge < -0.3 is 20.4 Å². The van der Waals surface area contributed by atoms with E-state index in [1.165, 1.54) is 4.90 Å². The number of amides is 2. The SMILES string of the molecule is CC1CCN(C(=O)NC2CCC(O)CC2)C1C(=O)O. The second-order valence-corrected chi connectivity index (χ2v) is 5.70. The van der Waals surface area contributed by atoms with E-state index < -0.39 is 12.0 Å². The summed E-state index contributed by atoms with van der Waals surface area (Å²) in [6.45, 7) is 2.36. The van der Waals surface area contributed by atoms with E-state index in [1.54, 1.807) is 0 Å². The van der Waals surface area contributed by atoms with Crippen molar-refractivity contribution in [1.82, 2.24) is 10.2 Å². The van der Waals surface area contributed by atoms with E-state index in [-0.39, 0.29) is 24.1 Å². The summed E-state index contributed by atoms with van der Waals surface area (Å²) in [5.41, 5.74) is 0. The van der Waals surface area contributed by atoms with Gasteiger partial charge in [-0.1, -0.05) is 6.92 Å². The van der Waals surface area contributed by atoms with Crippen LogP contribution in [-0.4, -0.2) is 51.8 Å². The van der Waals surface area contributed by atoms with Crippen LogP contribution in [0.15, 0.2) is 0 Å². The van der Waals surface area contributed by atoms with Crippen LogP contribution in [0.3, 0.4) is 0 Å². The van der Waals surface area contributed by atoms with Crippen LogP contribution in [0.5, 0.6) is 0 Å². The molecule has 108 valence electrons. The van der Waals surface area contributed by atoms with Crippen LogP contribution in [0.1, 0.15) is 39.0 Å². The maximum absolute atomic E-state index is 12.1. The standard InChI is InChI=1S/C13H22N2O4/c1-8-6-7-15(11(8)12(17)18)13(19)14-9-2-4-10(16)5-3-9/h8-11,16H,2-7H2,1H3,(H,14,19)(H,17,18). The molecule has 6 nitrogen and oxygen atoms in total. The van der Waals surface area contributed by atoms with E-state index in [1.807, 2.05) is 6.92 Å². The van der Waals surface area contributed by atoms with Gasteiger partial charge in [0.1, 0.15) is 6.04 Å². The van der Waals surface area contributed by atoms with Crippen molar-refractivity contribution < 1.29 is 19.8 Å². The predicted molar refractivity (Wildman–Crippen MR) is 68.7 cm³/mol. The zero-order chi connectivity index (χ0) is 14.0. The zero-order valence-corrected chi connectivity index (χ0v) is 11.2. The summed E-state index contributed by atoms with van der Waals surface area (Å²) < 4.78 is 0. The molecule has 1 heterocycles. The van der Waals surface area contributed by atoms with Crippen LogP contribution >= 0.6 is 0 Å². The van der Waals surface area contributed by atoms with Gasteiger partial charge in [-0.3, -0.25) is 0 Å². The number of aliphatic hydroxyl groups is 1. The molecule has 6 heteroatoms. The van der Waals surface area contributed by atoms with Crippen molar-refractivity contribution in [3.8, 4) is 0 Å². The van der Waals surface area contributed by atoms with Gasteiger partial charge in [-0.2, -0.15) is 0 Å². The summed E-state index contributed by atoms with van der Waals surface area (Å²) in [4.78, 5) is 24.8. The second-order valence-electron chi connectivity index (χ2n) is 5.70. The number of nitrogens with one attached hydrogen (secondary N) is 1. The first-order valence-corrected chi connectivity index (χ1v) is 6.97. The molecule has 0 spiro atoms. The van der Waals surface area contributed by atoms with Gasteiger partial charge in [-0.25, -0.2) is 9.59 Å². The van der Waals surface area contributed by atoms with Gasteiger partial charge in [-0.15, -0.1) is 0 Å². The van der Waals surface area contributed by atoms with Gasteiger partial charge in [-0.05, 0) is 38.0 Å². The highest BCUT2D eigenvalue weighted by molar-refractivity contribution is 5.83. The van der Waals surface area contributed by atoms with Crippen LogP contribution in [0, 0.1) is 5.92 Å². The Balaban J connectivity index is 1.90. The molecule has 3 N–H and O–H groups in total. The number of carboxylic acid groups (broad SMARTS) is 1. The van der Waals surface area contributed by atoms with E-state index in [4.69, 9.17) is 0 Å². The van der Waals surface area contributed by atoms with Gasteiger partial charge in [0.2, 0.25) is 0 Å². The van der Waals surface area contributed by atoms with Crippen molar-refractivity contribution in [2.75, 3.05) is 6.54 Å². The first-order valence-electron chi connectivity index (χ1n) is 6.97. The number of carbonyl (C=O) groups excluding carboxylic acids is 1.